The first-order valence-electron chi connectivity index (χ1n) is 29.3. The smallest absolute Gasteiger partial charge is 0.0748 e. The van der Waals surface area contributed by atoms with Gasteiger partial charge in [-0.2, -0.15) is 0 Å². The monoisotopic (exact) mass is 1050 g/mol. The summed E-state index contributed by atoms with van der Waals surface area (Å²) in [5.74, 6) is 0. The summed E-state index contributed by atoms with van der Waals surface area (Å²) < 4.78 is 0. The molecule has 15 rings (SSSR count). The van der Waals surface area contributed by atoms with Gasteiger partial charge in [-0.15, -0.1) is 0 Å². The first-order chi connectivity index (χ1) is 40.7. The summed E-state index contributed by atoms with van der Waals surface area (Å²) in [4.78, 5) is 5.12. The quantitative estimate of drug-likeness (QED) is 0.135. The zero-order valence-corrected chi connectivity index (χ0v) is 46.4. The van der Waals surface area contributed by atoms with Crippen molar-refractivity contribution in [3.63, 3.8) is 0 Å². The Bertz CT molecular complexity index is 4450. The first-order valence-corrected chi connectivity index (χ1v) is 29.3. The molecule has 2 aliphatic heterocycles. The van der Waals surface area contributed by atoms with Gasteiger partial charge in [-0.25, -0.2) is 0 Å². The molecule has 0 atom stereocenters. The number of para-hydroxylation sites is 2. The summed E-state index contributed by atoms with van der Waals surface area (Å²) in [6, 6.07) is 108. The highest BCUT2D eigenvalue weighted by atomic mass is 15.2. The highest BCUT2D eigenvalue weighted by Crippen LogP contribution is 2.60. The summed E-state index contributed by atoms with van der Waals surface area (Å²) in [5.41, 5.74) is 23.9. The van der Waals surface area contributed by atoms with Crippen molar-refractivity contribution in [2.24, 2.45) is 0 Å². The molecule has 392 valence electrons. The molecular formula is C80H62N2. The molecule has 0 unspecified atom stereocenters. The van der Waals surface area contributed by atoms with E-state index in [1.54, 1.807) is 0 Å². The SMILES string of the molecule is CCN1c2ccccc2C(c2ccccc2)(c2ccccc2)c2c(C3=c4cc5c(-c6cccc7c6C(c6ccccc6)(c6ccccc6)c6ccccc6N7CC)cccc5c(-c5ccccc5-c5ccccc5)c4=CCC3)cccc21. The van der Waals surface area contributed by atoms with Crippen molar-refractivity contribution in [2.75, 3.05) is 22.9 Å². The predicted molar refractivity (Wildman–Crippen MR) is 344 cm³/mol. The van der Waals surface area contributed by atoms with Crippen LogP contribution in [0.2, 0.25) is 0 Å². The van der Waals surface area contributed by atoms with Crippen molar-refractivity contribution in [3.05, 3.63) is 346 Å². The normalized spacial score (nSPS) is 14.4. The van der Waals surface area contributed by atoms with Crippen LogP contribution in [-0.2, 0) is 10.8 Å². The van der Waals surface area contributed by atoms with Gasteiger partial charge in [-0.3, -0.25) is 0 Å². The fourth-order valence-electron chi connectivity index (χ4n) is 15.1. The van der Waals surface area contributed by atoms with Gasteiger partial charge in [0.1, 0.15) is 0 Å². The Morgan fingerprint density at radius 2 is 0.744 bits per heavy atom. The van der Waals surface area contributed by atoms with Crippen LogP contribution in [0.3, 0.4) is 0 Å². The van der Waals surface area contributed by atoms with Gasteiger partial charge in [-0.05, 0) is 156 Å². The van der Waals surface area contributed by atoms with Gasteiger partial charge in [0.25, 0.3) is 0 Å². The molecular weight excluding hydrogens is 989 g/mol. The lowest BCUT2D eigenvalue weighted by atomic mass is 9.60. The highest BCUT2D eigenvalue weighted by Gasteiger charge is 2.49. The van der Waals surface area contributed by atoms with Crippen LogP contribution in [-0.4, -0.2) is 13.1 Å². The Balaban J connectivity index is 1.12. The minimum absolute atomic E-state index is 0.640. The Kier molecular flexibility index (Phi) is 12.1. The zero-order chi connectivity index (χ0) is 54.8. The lowest BCUT2D eigenvalue weighted by Gasteiger charge is -2.47. The molecule has 0 fully saturated rings. The minimum Gasteiger partial charge on any atom is -0.341 e. The van der Waals surface area contributed by atoms with E-state index >= 15 is 0 Å². The average molecular weight is 1050 g/mol. The summed E-state index contributed by atoms with van der Waals surface area (Å²) >= 11 is 0. The molecule has 2 nitrogen and oxygen atoms in total. The zero-order valence-electron chi connectivity index (χ0n) is 46.4. The number of rotatable bonds is 10. The minimum atomic E-state index is -0.663. The molecule has 0 aromatic heterocycles. The summed E-state index contributed by atoms with van der Waals surface area (Å²) in [7, 11) is 0. The van der Waals surface area contributed by atoms with Crippen LogP contribution in [0.4, 0.5) is 22.7 Å². The van der Waals surface area contributed by atoms with Crippen molar-refractivity contribution in [1.29, 1.82) is 0 Å². The van der Waals surface area contributed by atoms with E-state index in [4.69, 9.17) is 0 Å². The second-order valence-corrected chi connectivity index (χ2v) is 22.1. The Morgan fingerprint density at radius 1 is 0.341 bits per heavy atom. The molecule has 12 aromatic carbocycles. The molecule has 0 N–H and O–H groups in total. The number of hydrogen-bond acceptors (Lipinski definition) is 2. The van der Waals surface area contributed by atoms with Crippen LogP contribution in [0.15, 0.2) is 285 Å². The average Bonchev–Trinajstić information content (AvgIpc) is 2.96. The second-order valence-electron chi connectivity index (χ2n) is 22.1. The van der Waals surface area contributed by atoms with E-state index in [-0.39, 0.29) is 0 Å². The molecule has 2 heterocycles. The van der Waals surface area contributed by atoms with Crippen LogP contribution in [0.1, 0.15) is 76.8 Å². The molecule has 0 bridgehead atoms. The van der Waals surface area contributed by atoms with Crippen molar-refractivity contribution in [1.82, 2.24) is 0 Å². The van der Waals surface area contributed by atoms with Crippen LogP contribution in [0, 0.1) is 0 Å². The summed E-state index contributed by atoms with van der Waals surface area (Å²) in [5, 5.41) is 5.06. The van der Waals surface area contributed by atoms with Gasteiger partial charge in [-0.1, -0.05) is 261 Å². The van der Waals surface area contributed by atoms with Crippen LogP contribution >= 0.6 is 0 Å². The van der Waals surface area contributed by atoms with Crippen molar-refractivity contribution in [2.45, 2.75) is 37.5 Å². The van der Waals surface area contributed by atoms with E-state index in [0.29, 0.717) is 0 Å². The van der Waals surface area contributed by atoms with Crippen LogP contribution in [0.25, 0.3) is 55.8 Å². The topological polar surface area (TPSA) is 6.48 Å². The molecule has 0 amide bonds. The van der Waals surface area contributed by atoms with Crippen LogP contribution in [0.5, 0.6) is 0 Å². The Labute approximate surface area is 481 Å². The number of fused-ring (bicyclic) bond motifs is 6. The van der Waals surface area contributed by atoms with E-state index in [0.717, 1.165) is 25.9 Å². The maximum atomic E-state index is 2.61. The number of benzene rings is 12. The van der Waals surface area contributed by atoms with E-state index in [9.17, 15) is 0 Å². The molecule has 0 spiro atoms. The summed E-state index contributed by atoms with van der Waals surface area (Å²) in [6.45, 7) is 6.25. The third-order valence-electron chi connectivity index (χ3n) is 18.3. The third kappa shape index (κ3) is 7.27. The van der Waals surface area contributed by atoms with E-state index in [2.05, 4.69) is 315 Å². The van der Waals surface area contributed by atoms with Gasteiger partial charge in [0, 0.05) is 47.0 Å². The number of anilines is 4. The Morgan fingerprint density at radius 3 is 1.27 bits per heavy atom. The van der Waals surface area contributed by atoms with Gasteiger partial charge < -0.3 is 9.80 Å². The van der Waals surface area contributed by atoms with Crippen LogP contribution < -0.4 is 20.2 Å². The second kappa shape index (κ2) is 20.1. The maximum absolute atomic E-state index is 2.61. The van der Waals surface area contributed by atoms with E-state index in [1.807, 2.05) is 0 Å². The fraction of sp³-hybridized carbons (Fsp3) is 0.100. The Hall–Kier alpha value is -9.76. The fourth-order valence-corrected chi connectivity index (χ4v) is 15.1. The molecule has 2 heteroatoms. The standard InChI is InChI=1S/C80H62N2/c1-3-81-72-50-24-22-48-70(72)79(56-32-12-6-13-33-56,57-34-14-7-15-35-57)77-66(46-28-52-74(77)81)61-42-26-44-64-68(61)54-69-62(43-27-45-65(69)76(64)63-41-21-20-40-60(63)55-30-10-5-11-31-55)67-47-29-53-75-78(67)80(58-36-16-8-17-37-58,59-38-18-9-19-39-59)71-49-23-25-51-73(71)82(75)4-2/h5-26,28-42,44-54H,3-4,27,43H2,1-2H3. The lowest BCUT2D eigenvalue weighted by Crippen LogP contribution is -2.40. The van der Waals surface area contributed by atoms with Crippen molar-refractivity contribution in [3.8, 4) is 33.4 Å². The number of nitrogens with zero attached hydrogens (tertiary/aromatic N) is 2. The number of hydrogen-bond donors (Lipinski definition) is 0. The molecule has 0 radical (unpaired) electrons. The van der Waals surface area contributed by atoms with Crippen molar-refractivity contribution >= 4 is 45.2 Å². The molecule has 82 heavy (non-hydrogen) atoms. The summed E-state index contributed by atoms with van der Waals surface area (Å²) in [6.07, 6.45) is 4.35. The third-order valence-corrected chi connectivity index (χ3v) is 18.3. The predicted octanol–water partition coefficient (Wildman–Crippen LogP) is 18.3. The van der Waals surface area contributed by atoms with E-state index < -0.39 is 10.8 Å². The maximum Gasteiger partial charge on any atom is 0.0748 e. The van der Waals surface area contributed by atoms with Crippen molar-refractivity contribution < 1.29 is 0 Å². The molecule has 12 aromatic rings. The van der Waals surface area contributed by atoms with Gasteiger partial charge in [0.05, 0.1) is 10.8 Å². The molecule has 0 saturated carbocycles. The first kappa shape index (κ1) is 49.3. The molecule has 0 saturated heterocycles. The van der Waals surface area contributed by atoms with E-state index in [1.165, 1.54) is 133 Å². The van der Waals surface area contributed by atoms with Gasteiger partial charge in [0.15, 0.2) is 0 Å². The highest BCUT2D eigenvalue weighted by molar-refractivity contribution is 6.09. The lowest BCUT2D eigenvalue weighted by molar-refractivity contribution is 0.716. The van der Waals surface area contributed by atoms with Gasteiger partial charge in [0.2, 0.25) is 0 Å². The largest absolute Gasteiger partial charge is 0.341 e. The molecule has 1 aliphatic carbocycles. The van der Waals surface area contributed by atoms with Gasteiger partial charge >= 0.3 is 0 Å². The molecule has 3 aliphatic rings.